The Kier molecular flexibility index (Phi) is 13.8. The van der Waals surface area contributed by atoms with Gasteiger partial charge in [0.25, 0.3) is 0 Å². The second-order valence-corrected chi connectivity index (χ2v) is 10.9. The zero-order valence-electron chi connectivity index (χ0n) is 24.2. The topological polar surface area (TPSA) is 44.2 Å². The van der Waals surface area contributed by atoms with Gasteiger partial charge >= 0.3 is 0 Å². The lowest BCUT2D eigenvalue weighted by atomic mass is 10.1. The fraction of sp³-hybridized carbons (Fsp3) is 0.529. The van der Waals surface area contributed by atoms with E-state index in [1.807, 2.05) is 74.8 Å². The van der Waals surface area contributed by atoms with Crippen LogP contribution in [0.15, 0.2) is 60.9 Å². The summed E-state index contributed by atoms with van der Waals surface area (Å²) in [5, 5.41) is 0. The van der Waals surface area contributed by atoms with Crippen molar-refractivity contribution in [1.29, 1.82) is 0 Å². The molecule has 0 aliphatic carbocycles. The molecule has 0 radical (unpaired) electrons. The highest BCUT2D eigenvalue weighted by atomic mass is 19.1. The second kappa shape index (κ2) is 17.6. The zero-order chi connectivity index (χ0) is 27.7. The van der Waals surface area contributed by atoms with Gasteiger partial charge in [0.05, 0.1) is 6.61 Å². The molecule has 1 unspecified atom stereocenters. The maximum Gasteiger partial charge on any atom is 0.159 e. The first-order valence-corrected chi connectivity index (χ1v) is 15.0. The van der Waals surface area contributed by atoms with Gasteiger partial charge in [0.15, 0.2) is 5.82 Å². The molecule has 3 rings (SSSR count). The molecule has 4 nitrogen and oxygen atoms in total. The van der Waals surface area contributed by atoms with E-state index >= 15 is 0 Å². The van der Waals surface area contributed by atoms with Gasteiger partial charge in [-0.1, -0.05) is 90.7 Å². The number of benzene rings is 2. The molecule has 5 heteroatoms. The number of unbranched alkanes of at least 4 members (excludes halogenated alkanes) is 9. The molecule has 0 aliphatic rings. The van der Waals surface area contributed by atoms with Crippen LogP contribution >= 0.6 is 0 Å². The van der Waals surface area contributed by atoms with Crippen LogP contribution in [0.1, 0.15) is 91.4 Å². The van der Waals surface area contributed by atoms with Crippen molar-refractivity contribution in [2.75, 3.05) is 13.2 Å². The van der Waals surface area contributed by atoms with E-state index in [4.69, 9.17) is 9.47 Å². The first kappa shape index (κ1) is 30.6. The Bertz CT molecular complexity index is 1040. The summed E-state index contributed by atoms with van der Waals surface area (Å²) in [5.74, 6) is 2.55. The Hall–Kier alpha value is -2.95. The van der Waals surface area contributed by atoms with Gasteiger partial charge in [-0.05, 0) is 60.7 Å². The maximum atomic E-state index is 13.9. The van der Waals surface area contributed by atoms with Gasteiger partial charge in [-0.15, -0.1) is 0 Å². The van der Waals surface area contributed by atoms with Crippen molar-refractivity contribution in [3.63, 3.8) is 0 Å². The molecule has 0 amide bonds. The molecule has 3 aromatic rings. The molecule has 212 valence electrons. The molecule has 2 aromatic carbocycles. The van der Waals surface area contributed by atoms with Crippen LogP contribution in [-0.2, 0) is 0 Å². The molecule has 0 fully saturated rings. The standard InChI is InChI=1S/C34H47FN2O2/c1-4-5-6-7-8-9-10-11-12-13-22-38-32-20-16-29(17-21-32)34-36-24-30(25-37-34)28-14-18-33(19-15-28)39-26-31(35)23-27(2)3/h14-21,24-25,27,31H,4-13,22-23,26H2,1-3H3. The number of nitrogens with zero attached hydrogens (tertiary/aromatic N) is 2. The van der Waals surface area contributed by atoms with E-state index in [-0.39, 0.29) is 6.61 Å². The number of hydrogen-bond acceptors (Lipinski definition) is 4. The van der Waals surface area contributed by atoms with Crippen molar-refractivity contribution in [2.45, 2.75) is 97.6 Å². The van der Waals surface area contributed by atoms with Crippen LogP contribution in [0, 0.1) is 5.92 Å². The molecule has 0 saturated carbocycles. The number of rotatable bonds is 19. The highest BCUT2D eigenvalue weighted by Gasteiger charge is 2.10. The summed E-state index contributed by atoms with van der Waals surface area (Å²) in [6, 6.07) is 15.6. The Labute approximate surface area is 235 Å². The lowest BCUT2D eigenvalue weighted by Gasteiger charge is -2.12. The van der Waals surface area contributed by atoms with Crippen molar-refractivity contribution < 1.29 is 13.9 Å². The molecule has 1 atom stereocenters. The predicted octanol–water partition coefficient (Wildman–Crippen LogP) is 9.87. The molecule has 0 saturated heterocycles. The number of aromatic nitrogens is 2. The lowest BCUT2D eigenvalue weighted by Crippen LogP contribution is -2.15. The van der Waals surface area contributed by atoms with Crippen molar-refractivity contribution in [2.24, 2.45) is 5.92 Å². The van der Waals surface area contributed by atoms with Gasteiger partial charge in [0.1, 0.15) is 24.3 Å². The highest BCUT2D eigenvalue weighted by molar-refractivity contribution is 5.64. The lowest BCUT2D eigenvalue weighted by molar-refractivity contribution is 0.174. The quantitative estimate of drug-likeness (QED) is 0.144. The predicted molar refractivity (Wildman–Crippen MR) is 160 cm³/mol. The summed E-state index contributed by atoms with van der Waals surface area (Å²) in [4.78, 5) is 9.13. The molecular weight excluding hydrogens is 487 g/mol. The number of ether oxygens (including phenoxy) is 2. The van der Waals surface area contributed by atoms with Gasteiger partial charge < -0.3 is 9.47 Å². The second-order valence-electron chi connectivity index (χ2n) is 10.9. The summed E-state index contributed by atoms with van der Waals surface area (Å²) < 4.78 is 25.4. The van der Waals surface area contributed by atoms with Crippen LogP contribution < -0.4 is 9.47 Å². The Balaban J connectivity index is 1.37. The van der Waals surface area contributed by atoms with E-state index in [2.05, 4.69) is 16.9 Å². The van der Waals surface area contributed by atoms with Gasteiger partial charge in [-0.3, -0.25) is 0 Å². The van der Waals surface area contributed by atoms with Crippen molar-refractivity contribution in [3.8, 4) is 34.0 Å². The van der Waals surface area contributed by atoms with Crippen LogP contribution in [0.3, 0.4) is 0 Å². The maximum absolute atomic E-state index is 13.9. The Morgan fingerprint density at radius 2 is 1.15 bits per heavy atom. The number of alkyl halides is 1. The largest absolute Gasteiger partial charge is 0.494 e. The molecule has 1 heterocycles. The van der Waals surface area contributed by atoms with E-state index in [9.17, 15) is 4.39 Å². The van der Waals surface area contributed by atoms with Crippen LogP contribution in [-0.4, -0.2) is 29.4 Å². The minimum atomic E-state index is -0.948. The van der Waals surface area contributed by atoms with Crippen LogP contribution in [0.2, 0.25) is 0 Å². The molecule has 0 aliphatic heterocycles. The third-order valence-electron chi connectivity index (χ3n) is 6.88. The first-order valence-electron chi connectivity index (χ1n) is 15.0. The summed E-state index contributed by atoms with van der Waals surface area (Å²) >= 11 is 0. The van der Waals surface area contributed by atoms with Crippen LogP contribution in [0.25, 0.3) is 22.5 Å². The summed E-state index contributed by atoms with van der Waals surface area (Å²) in [5.41, 5.74) is 2.87. The van der Waals surface area contributed by atoms with Crippen LogP contribution in [0.5, 0.6) is 11.5 Å². The Morgan fingerprint density at radius 1 is 0.641 bits per heavy atom. The molecule has 0 spiro atoms. The summed E-state index contributed by atoms with van der Waals surface area (Å²) in [6.07, 6.45) is 16.5. The fourth-order valence-electron chi connectivity index (χ4n) is 4.62. The molecule has 39 heavy (non-hydrogen) atoms. The molecule has 0 bridgehead atoms. The van der Waals surface area contributed by atoms with Gasteiger partial charge in [0.2, 0.25) is 0 Å². The van der Waals surface area contributed by atoms with E-state index in [1.165, 1.54) is 57.8 Å². The third kappa shape index (κ3) is 11.8. The van der Waals surface area contributed by atoms with Crippen molar-refractivity contribution in [1.82, 2.24) is 9.97 Å². The normalized spacial score (nSPS) is 12.0. The van der Waals surface area contributed by atoms with Gasteiger partial charge in [-0.2, -0.15) is 0 Å². The minimum absolute atomic E-state index is 0.0818. The molecule has 0 N–H and O–H groups in total. The zero-order valence-corrected chi connectivity index (χ0v) is 24.2. The van der Waals surface area contributed by atoms with E-state index in [0.29, 0.717) is 23.9 Å². The minimum Gasteiger partial charge on any atom is -0.494 e. The average molecular weight is 535 g/mol. The van der Waals surface area contributed by atoms with E-state index < -0.39 is 6.17 Å². The highest BCUT2D eigenvalue weighted by Crippen LogP contribution is 2.24. The first-order chi connectivity index (χ1) is 19.0. The number of halogens is 1. The fourth-order valence-corrected chi connectivity index (χ4v) is 4.62. The van der Waals surface area contributed by atoms with Crippen LogP contribution in [0.4, 0.5) is 4.39 Å². The van der Waals surface area contributed by atoms with Crippen molar-refractivity contribution >= 4 is 0 Å². The van der Waals surface area contributed by atoms with Gasteiger partial charge in [0, 0.05) is 23.5 Å². The SMILES string of the molecule is CCCCCCCCCCCCOc1ccc(-c2ncc(-c3ccc(OCC(F)CC(C)C)cc3)cn2)cc1. The van der Waals surface area contributed by atoms with E-state index in [1.54, 1.807) is 0 Å². The van der Waals surface area contributed by atoms with Gasteiger partial charge in [-0.25, -0.2) is 14.4 Å². The molecule has 1 aromatic heterocycles. The monoisotopic (exact) mass is 534 g/mol. The molecular formula is C34H47FN2O2. The summed E-state index contributed by atoms with van der Waals surface area (Å²) in [7, 11) is 0. The summed E-state index contributed by atoms with van der Waals surface area (Å²) in [6.45, 7) is 7.14. The number of hydrogen-bond donors (Lipinski definition) is 0. The van der Waals surface area contributed by atoms with E-state index in [0.717, 1.165) is 35.5 Å². The third-order valence-corrected chi connectivity index (χ3v) is 6.88. The smallest absolute Gasteiger partial charge is 0.159 e. The average Bonchev–Trinajstić information content (AvgIpc) is 2.95. The van der Waals surface area contributed by atoms with Crippen molar-refractivity contribution in [3.05, 3.63) is 60.9 Å². The Morgan fingerprint density at radius 3 is 1.72 bits per heavy atom.